The van der Waals surface area contributed by atoms with E-state index in [4.69, 9.17) is 19.9 Å². The summed E-state index contributed by atoms with van der Waals surface area (Å²) in [5, 5.41) is 3.03. The highest BCUT2D eigenvalue weighted by atomic mass is 16.5. The minimum Gasteiger partial charge on any atom is -0.490 e. The molecule has 1 aromatic rings. The summed E-state index contributed by atoms with van der Waals surface area (Å²) in [5.41, 5.74) is 7.17. The van der Waals surface area contributed by atoms with Crippen LogP contribution in [0.2, 0.25) is 0 Å². The number of nitrogens with two attached hydrogens (primary N) is 1. The first-order valence-electron chi connectivity index (χ1n) is 9.07. The highest BCUT2D eigenvalue weighted by Crippen LogP contribution is 2.32. The van der Waals surface area contributed by atoms with Gasteiger partial charge in [-0.05, 0) is 43.5 Å². The summed E-state index contributed by atoms with van der Waals surface area (Å²) in [5.74, 6) is 0.848. The van der Waals surface area contributed by atoms with Crippen molar-refractivity contribution in [1.82, 2.24) is 0 Å². The first-order chi connectivity index (χ1) is 12.1. The summed E-state index contributed by atoms with van der Waals surface area (Å²) in [7, 11) is 0. The van der Waals surface area contributed by atoms with E-state index in [0.29, 0.717) is 32.6 Å². The largest absolute Gasteiger partial charge is 0.490 e. The molecular weight excluding hydrogens is 320 g/mol. The second-order valence-electron chi connectivity index (χ2n) is 6.96. The second kappa shape index (κ2) is 8.17. The predicted octanol–water partition coefficient (Wildman–Crippen LogP) is 2.25. The Hall–Kier alpha value is -1.63. The summed E-state index contributed by atoms with van der Waals surface area (Å²) in [6, 6.07) is 5.78. The third kappa shape index (κ3) is 4.32. The van der Waals surface area contributed by atoms with Crippen molar-refractivity contribution in [2.24, 2.45) is 11.1 Å². The standard InChI is InChI=1S/C19H28N2O4/c1-14-12-15(2-3-17(14)25-16-4-8-23-9-5-16)21-18(22)19(13-20)6-10-24-11-7-19/h2-3,12,16H,4-11,13,20H2,1H3,(H,21,22). The Bertz CT molecular complexity index is 593. The molecule has 6 nitrogen and oxygen atoms in total. The molecule has 0 radical (unpaired) electrons. The number of nitrogens with one attached hydrogen (secondary N) is 1. The Morgan fingerprint density at radius 2 is 1.92 bits per heavy atom. The molecule has 2 aliphatic rings. The van der Waals surface area contributed by atoms with Crippen molar-refractivity contribution in [3.63, 3.8) is 0 Å². The molecule has 2 saturated heterocycles. The van der Waals surface area contributed by atoms with E-state index in [1.165, 1.54) is 0 Å². The fourth-order valence-electron chi connectivity index (χ4n) is 3.38. The zero-order valence-corrected chi connectivity index (χ0v) is 14.9. The number of hydrogen-bond donors (Lipinski definition) is 2. The van der Waals surface area contributed by atoms with Gasteiger partial charge in [-0.1, -0.05) is 0 Å². The molecule has 2 aliphatic heterocycles. The fraction of sp³-hybridized carbons (Fsp3) is 0.632. The van der Waals surface area contributed by atoms with Crippen LogP contribution < -0.4 is 15.8 Å². The zero-order chi connectivity index (χ0) is 17.7. The molecule has 0 spiro atoms. The first-order valence-corrected chi connectivity index (χ1v) is 9.07. The third-order valence-corrected chi connectivity index (χ3v) is 5.22. The summed E-state index contributed by atoms with van der Waals surface area (Å²) in [6.07, 6.45) is 3.37. The van der Waals surface area contributed by atoms with Crippen molar-refractivity contribution >= 4 is 11.6 Å². The topological polar surface area (TPSA) is 82.8 Å². The van der Waals surface area contributed by atoms with Gasteiger partial charge in [0.05, 0.1) is 18.6 Å². The molecule has 25 heavy (non-hydrogen) atoms. The van der Waals surface area contributed by atoms with Gasteiger partial charge in [-0.15, -0.1) is 0 Å². The van der Waals surface area contributed by atoms with Gasteiger partial charge in [0.2, 0.25) is 5.91 Å². The Morgan fingerprint density at radius 3 is 2.56 bits per heavy atom. The lowest BCUT2D eigenvalue weighted by molar-refractivity contribution is -0.130. The lowest BCUT2D eigenvalue weighted by atomic mass is 9.79. The van der Waals surface area contributed by atoms with Crippen molar-refractivity contribution in [2.45, 2.75) is 38.7 Å². The maximum atomic E-state index is 12.7. The molecule has 3 N–H and O–H groups in total. The predicted molar refractivity (Wildman–Crippen MR) is 95.8 cm³/mol. The molecule has 1 aromatic carbocycles. The van der Waals surface area contributed by atoms with E-state index in [-0.39, 0.29) is 12.0 Å². The lowest BCUT2D eigenvalue weighted by Gasteiger charge is -2.34. The Morgan fingerprint density at radius 1 is 1.24 bits per heavy atom. The number of aryl methyl sites for hydroxylation is 1. The Labute approximate surface area is 149 Å². The van der Waals surface area contributed by atoms with Gasteiger partial charge in [0.25, 0.3) is 0 Å². The first kappa shape index (κ1) is 18.2. The number of carbonyl (C=O) groups is 1. The molecule has 2 fully saturated rings. The van der Waals surface area contributed by atoms with Crippen molar-refractivity contribution < 1.29 is 19.0 Å². The van der Waals surface area contributed by atoms with Crippen molar-refractivity contribution in [1.29, 1.82) is 0 Å². The van der Waals surface area contributed by atoms with E-state index in [1.54, 1.807) is 0 Å². The van der Waals surface area contributed by atoms with Crippen LogP contribution in [-0.2, 0) is 14.3 Å². The monoisotopic (exact) mass is 348 g/mol. The van der Waals surface area contributed by atoms with Crippen molar-refractivity contribution in [3.8, 4) is 5.75 Å². The molecule has 0 bridgehead atoms. The van der Waals surface area contributed by atoms with Crippen LogP contribution in [0.1, 0.15) is 31.2 Å². The van der Waals surface area contributed by atoms with E-state index >= 15 is 0 Å². The highest BCUT2D eigenvalue weighted by Gasteiger charge is 2.38. The van der Waals surface area contributed by atoms with Crippen LogP contribution in [0.4, 0.5) is 5.69 Å². The van der Waals surface area contributed by atoms with Crippen LogP contribution in [0.3, 0.4) is 0 Å². The Kier molecular flexibility index (Phi) is 5.93. The fourth-order valence-corrected chi connectivity index (χ4v) is 3.38. The summed E-state index contributed by atoms with van der Waals surface area (Å²) < 4.78 is 16.8. The second-order valence-corrected chi connectivity index (χ2v) is 6.96. The summed E-state index contributed by atoms with van der Waals surface area (Å²) >= 11 is 0. The number of carbonyl (C=O) groups excluding carboxylic acids is 1. The molecule has 0 aliphatic carbocycles. The molecule has 0 atom stereocenters. The quantitative estimate of drug-likeness (QED) is 0.853. The molecule has 138 valence electrons. The minimum atomic E-state index is -0.524. The van der Waals surface area contributed by atoms with Gasteiger partial charge in [0.1, 0.15) is 11.9 Å². The van der Waals surface area contributed by atoms with Crippen LogP contribution in [-0.4, -0.2) is 45.0 Å². The van der Waals surface area contributed by atoms with Gasteiger partial charge < -0.3 is 25.3 Å². The molecule has 3 rings (SSSR count). The van der Waals surface area contributed by atoms with Crippen LogP contribution >= 0.6 is 0 Å². The zero-order valence-electron chi connectivity index (χ0n) is 14.9. The van der Waals surface area contributed by atoms with E-state index in [9.17, 15) is 4.79 Å². The number of amides is 1. The molecule has 0 aromatic heterocycles. The van der Waals surface area contributed by atoms with Gasteiger partial charge in [-0.25, -0.2) is 0 Å². The van der Waals surface area contributed by atoms with Gasteiger partial charge in [-0.3, -0.25) is 4.79 Å². The van der Waals surface area contributed by atoms with E-state index in [1.807, 2.05) is 25.1 Å². The van der Waals surface area contributed by atoms with Crippen molar-refractivity contribution in [3.05, 3.63) is 23.8 Å². The minimum absolute atomic E-state index is 0.0178. The number of anilines is 1. The van der Waals surface area contributed by atoms with E-state index in [2.05, 4.69) is 5.32 Å². The van der Waals surface area contributed by atoms with Crippen LogP contribution in [0.5, 0.6) is 5.75 Å². The van der Waals surface area contributed by atoms with Crippen LogP contribution in [0.25, 0.3) is 0 Å². The van der Waals surface area contributed by atoms with Gasteiger partial charge >= 0.3 is 0 Å². The normalized spacial score (nSPS) is 20.9. The third-order valence-electron chi connectivity index (χ3n) is 5.22. The Balaban J connectivity index is 1.64. The number of benzene rings is 1. The average molecular weight is 348 g/mol. The molecule has 1 amide bonds. The molecule has 0 saturated carbocycles. The molecule has 0 unspecified atom stereocenters. The average Bonchev–Trinajstić information content (AvgIpc) is 2.65. The molecule has 6 heteroatoms. The summed E-state index contributed by atoms with van der Waals surface area (Å²) in [4.78, 5) is 12.7. The van der Waals surface area contributed by atoms with Gasteiger partial charge in [0, 0.05) is 38.3 Å². The lowest BCUT2D eigenvalue weighted by Crippen LogP contribution is -2.46. The molecule has 2 heterocycles. The van der Waals surface area contributed by atoms with E-state index in [0.717, 1.165) is 43.1 Å². The summed E-state index contributed by atoms with van der Waals surface area (Å²) in [6.45, 7) is 5.01. The van der Waals surface area contributed by atoms with Crippen LogP contribution in [0, 0.1) is 12.3 Å². The number of ether oxygens (including phenoxy) is 3. The maximum absolute atomic E-state index is 12.7. The smallest absolute Gasteiger partial charge is 0.232 e. The molecular formula is C19H28N2O4. The van der Waals surface area contributed by atoms with Gasteiger partial charge in [0.15, 0.2) is 0 Å². The van der Waals surface area contributed by atoms with Crippen molar-refractivity contribution in [2.75, 3.05) is 38.3 Å². The number of hydrogen-bond acceptors (Lipinski definition) is 5. The SMILES string of the molecule is Cc1cc(NC(=O)C2(CN)CCOCC2)ccc1OC1CCOCC1. The van der Waals surface area contributed by atoms with E-state index < -0.39 is 5.41 Å². The van der Waals surface area contributed by atoms with Crippen LogP contribution in [0.15, 0.2) is 18.2 Å². The maximum Gasteiger partial charge on any atom is 0.232 e. The van der Waals surface area contributed by atoms with Gasteiger partial charge in [-0.2, -0.15) is 0 Å². The number of rotatable bonds is 5. The highest BCUT2D eigenvalue weighted by molar-refractivity contribution is 5.95.